The van der Waals surface area contributed by atoms with Crippen molar-refractivity contribution in [2.24, 2.45) is 5.92 Å². The molecule has 1 N–H and O–H groups in total. The number of amides is 1. The van der Waals surface area contributed by atoms with Crippen LogP contribution in [0.1, 0.15) is 38.3 Å². The summed E-state index contributed by atoms with van der Waals surface area (Å²) in [5.41, 5.74) is 2.90. The summed E-state index contributed by atoms with van der Waals surface area (Å²) >= 11 is 0. The summed E-state index contributed by atoms with van der Waals surface area (Å²) < 4.78 is 1.83. The van der Waals surface area contributed by atoms with E-state index in [4.69, 9.17) is 0 Å². The van der Waals surface area contributed by atoms with E-state index in [1.165, 1.54) is 0 Å². The van der Waals surface area contributed by atoms with Crippen molar-refractivity contribution >= 4 is 11.9 Å². The molecule has 2 aromatic carbocycles. The average Bonchev–Trinajstić information content (AvgIpc) is 3.40. The Hall–Kier alpha value is -3.41. The number of nitrogens with zero attached hydrogens (tertiary/aromatic N) is 3. The van der Waals surface area contributed by atoms with Crippen molar-refractivity contribution in [1.29, 1.82) is 0 Å². The Bertz CT molecular complexity index is 1010. The van der Waals surface area contributed by atoms with Crippen LogP contribution in [0, 0.1) is 5.92 Å². The van der Waals surface area contributed by atoms with Crippen molar-refractivity contribution in [3.8, 4) is 0 Å². The van der Waals surface area contributed by atoms with E-state index in [9.17, 15) is 14.7 Å². The normalized spacial score (nSPS) is 16.1. The predicted molar refractivity (Wildman–Crippen MR) is 109 cm³/mol. The lowest BCUT2D eigenvalue weighted by molar-refractivity contribution is 0.0694. The van der Waals surface area contributed by atoms with Gasteiger partial charge in [0, 0.05) is 31.0 Å². The molecule has 0 radical (unpaired) electrons. The molecule has 0 aliphatic carbocycles. The van der Waals surface area contributed by atoms with E-state index < -0.39 is 5.97 Å². The lowest BCUT2D eigenvalue weighted by atomic mass is 9.95. The molecule has 1 amide bonds. The number of hydrogen-bond donors (Lipinski definition) is 1. The van der Waals surface area contributed by atoms with E-state index in [0.29, 0.717) is 37.2 Å². The number of carboxylic acids is 1. The standard InChI is InChI=1S/C23H23N3O3/c27-22(20-7-3-5-17(14-20)16-26-11-4-10-24-26)25-12-9-18(15-25)13-19-6-1-2-8-21(19)23(28)29/h1-8,10-11,14,18H,9,12-13,15-16H2,(H,28,29). The first-order chi connectivity index (χ1) is 14.1. The number of carboxylic acid groups (broad SMARTS) is 1. The van der Waals surface area contributed by atoms with E-state index >= 15 is 0 Å². The summed E-state index contributed by atoms with van der Waals surface area (Å²) in [6.07, 6.45) is 5.19. The van der Waals surface area contributed by atoms with Crippen molar-refractivity contribution in [2.45, 2.75) is 19.4 Å². The first-order valence-corrected chi connectivity index (χ1v) is 9.77. The largest absolute Gasteiger partial charge is 0.478 e. The zero-order valence-corrected chi connectivity index (χ0v) is 16.1. The second-order valence-electron chi connectivity index (χ2n) is 7.48. The fourth-order valence-corrected chi connectivity index (χ4v) is 3.97. The van der Waals surface area contributed by atoms with Gasteiger partial charge in [0.15, 0.2) is 0 Å². The molecule has 1 atom stereocenters. The molecule has 6 heteroatoms. The lowest BCUT2D eigenvalue weighted by Crippen LogP contribution is -2.29. The number of likely N-dealkylation sites (tertiary alicyclic amines) is 1. The number of aromatic carboxylic acids is 1. The first-order valence-electron chi connectivity index (χ1n) is 9.77. The quantitative estimate of drug-likeness (QED) is 0.702. The van der Waals surface area contributed by atoms with Gasteiger partial charge in [0.1, 0.15) is 0 Å². The van der Waals surface area contributed by atoms with Gasteiger partial charge in [0.2, 0.25) is 0 Å². The molecule has 2 heterocycles. The first kappa shape index (κ1) is 18.9. The van der Waals surface area contributed by atoms with Crippen LogP contribution >= 0.6 is 0 Å². The molecule has 4 rings (SSSR count). The van der Waals surface area contributed by atoms with Crippen molar-refractivity contribution < 1.29 is 14.7 Å². The van der Waals surface area contributed by atoms with Gasteiger partial charge in [0.05, 0.1) is 12.1 Å². The van der Waals surface area contributed by atoms with Crippen LogP contribution in [0.15, 0.2) is 67.0 Å². The second-order valence-corrected chi connectivity index (χ2v) is 7.48. The minimum absolute atomic E-state index is 0.0290. The van der Waals surface area contributed by atoms with E-state index in [1.54, 1.807) is 18.3 Å². The molecule has 1 unspecified atom stereocenters. The van der Waals surface area contributed by atoms with Gasteiger partial charge in [0.25, 0.3) is 5.91 Å². The van der Waals surface area contributed by atoms with E-state index in [-0.39, 0.29) is 11.8 Å². The number of aromatic nitrogens is 2. The van der Waals surface area contributed by atoms with Gasteiger partial charge in [-0.15, -0.1) is 0 Å². The molecule has 1 aromatic heterocycles. The lowest BCUT2D eigenvalue weighted by Gasteiger charge is -2.17. The minimum Gasteiger partial charge on any atom is -0.478 e. The van der Waals surface area contributed by atoms with Crippen molar-refractivity contribution in [3.05, 3.63) is 89.2 Å². The van der Waals surface area contributed by atoms with Crippen LogP contribution in [0.2, 0.25) is 0 Å². The fraction of sp³-hybridized carbons (Fsp3) is 0.261. The maximum absolute atomic E-state index is 13.0. The van der Waals surface area contributed by atoms with Crippen molar-refractivity contribution in [2.75, 3.05) is 13.1 Å². The molecule has 1 saturated heterocycles. The Balaban J connectivity index is 1.42. The molecular weight excluding hydrogens is 366 g/mol. The summed E-state index contributed by atoms with van der Waals surface area (Å²) in [6, 6.07) is 16.7. The smallest absolute Gasteiger partial charge is 0.335 e. The molecule has 0 saturated carbocycles. The Morgan fingerprint density at radius 2 is 1.97 bits per heavy atom. The zero-order chi connectivity index (χ0) is 20.2. The van der Waals surface area contributed by atoms with Crippen LogP contribution in [0.5, 0.6) is 0 Å². The van der Waals surface area contributed by atoms with Crippen LogP contribution in [0.3, 0.4) is 0 Å². The van der Waals surface area contributed by atoms with Gasteiger partial charge in [-0.05, 0) is 54.2 Å². The minimum atomic E-state index is -0.902. The second kappa shape index (κ2) is 8.31. The molecule has 1 aliphatic heterocycles. The maximum atomic E-state index is 13.0. The highest BCUT2D eigenvalue weighted by molar-refractivity contribution is 5.94. The summed E-state index contributed by atoms with van der Waals surface area (Å²) in [6.45, 7) is 1.97. The third-order valence-electron chi connectivity index (χ3n) is 5.41. The van der Waals surface area contributed by atoms with Crippen LogP contribution in [0.4, 0.5) is 0 Å². The summed E-state index contributed by atoms with van der Waals surface area (Å²) in [5, 5.41) is 13.6. The van der Waals surface area contributed by atoms with E-state index in [2.05, 4.69) is 5.10 Å². The van der Waals surface area contributed by atoms with Crippen LogP contribution < -0.4 is 0 Å². The highest BCUT2D eigenvalue weighted by Gasteiger charge is 2.28. The molecule has 29 heavy (non-hydrogen) atoms. The Morgan fingerprint density at radius 1 is 1.10 bits per heavy atom. The van der Waals surface area contributed by atoms with Crippen molar-refractivity contribution in [3.63, 3.8) is 0 Å². The molecule has 1 aliphatic rings. The van der Waals surface area contributed by atoms with Crippen LogP contribution in [-0.4, -0.2) is 44.8 Å². The Kier molecular flexibility index (Phi) is 5.42. The van der Waals surface area contributed by atoms with Gasteiger partial charge in [-0.3, -0.25) is 9.48 Å². The molecule has 148 valence electrons. The van der Waals surface area contributed by atoms with Gasteiger partial charge in [-0.2, -0.15) is 5.10 Å². The molecular formula is C23H23N3O3. The molecule has 0 spiro atoms. The fourth-order valence-electron chi connectivity index (χ4n) is 3.97. The van der Waals surface area contributed by atoms with Gasteiger partial charge >= 0.3 is 5.97 Å². The van der Waals surface area contributed by atoms with Gasteiger partial charge in [-0.25, -0.2) is 4.79 Å². The topological polar surface area (TPSA) is 75.4 Å². The number of hydrogen-bond acceptors (Lipinski definition) is 3. The van der Waals surface area contributed by atoms with Crippen molar-refractivity contribution in [1.82, 2.24) is 14.7 Å². The Morgan fingerprint density at radius 3 is 2.76 bits per heavy atom. The molecule has 6 nitrogen and oxygen atoms in total. The summed E-state index contributed by atoms with van der Waals surface area (Å²) in [7, 11) is 0. The third-order valence-corrected chi connectivity index (χ3v) is 5.41. The van der Waals surface area contributed by atoms with Gasteiger partial charge < -0.3 is 10.0 Å². The predicted octanol–water partition coefficient (Wildman–Crippen LogP) is 3.33. The summed E-state index contributed by atoms with van der Waals surface area (Å²) in [4.78, 5) is 26.3. The highest BCUT2D eigenvalue weighted by atomic mass is 16.4. The average molecular weight is 389 g/mol. The molecule has 0 bridgehead atoms. The van der Waals surface area contributed by atoms with E-state index in [1.807, 2.05) is 58.2 Å². The van der Waals surface area contributed by atoms with Gasteiger partial charge in [-0.1, -0.05) is 30.3 Å². The molecule has 1 fully saturated rings. The number of carbonyl (C=O) groups is 2. The highest BCUT2D eigenvalue weighted by Crippen LogP contribution is 2.24. The summed E-state index contributed by atoms with van der Waals surface area (Å²) in [5.74, 6) is -0.603. The Labute approximate surface area is 169 Å². The zero-order valence-electron chi connectivity index (χ0n) is 16.1. The van der Waals surface area contributed by atoms with Crippen LogP contribution in [0.25, 0.3) is 0 Å². The van der Waals surface area contributed by atoms with Crippen LogP contribution in [-0.2, 0) is 13.0 Å². The number of carbonyl (C=O) groups excluding carboxylic acids is 1. The monoisotopic (exact) mass is 389 g/mol. The number of benzene rings is 2. The SMILES string of the molecule is O=C(O)c1ccccc1CC1CCN(C(=O)c2cccc(Cn3cccn3)c2)C1. The third kappa shape index (κ3) is 4.37. The molecule has 3 aromatic rings. The maximum Gasteiger partial charge on any atom is 0.335 e. The van der Waals surface area contributed by atoms with E-state index in [0.717, 1.165) is 17.5 Å². The number of rotatable bonds is 6.